The number of hydrogen-bond donors (Lipinski definition) is 2. The molecule has 1 aliphatic heterocycles. The molecule has 1 atom stereocenters. The molecule has 1 aromatic carbocycles. The van der Waals surface area contributed by atoms with Crippen molar-refractivity contribution in [2.75, 3.05) is 13.7 Å². The Kier molecular flexibility index (Phi) is 4.25. The molecule has 0 bridgehead atoms. The van der Waals surface area contributed by atoms with Crippen LogP contribution in [-0.2, 0) is 0 Å². The fourth-order valence-electron chi connectivity index (χ4n) is 1.57. The van der Waals surface area contributed by atoms with E-state index in [0.29, 0.717) is 5.75 Å². The highest BCUT2D eigenvalue weighted by Gasteiger charge is 2.23. The first kappa shape index (κ1) is 12.6. The van der Waals surface area contributed by atoms with Crippen LogP contribution in [0.4, 0.5) is 0 Å². The SMILES string of the molecule is COc1cc(Br)cc([C@H]2CCN2)c1O.Cl. The van der Waals surface area contributed by atoms with Crippen LogP contribution in [0.15, 0.2) is 16.6 Å². The second-order valence-electron chi connectivity index (χ2n) is 3.34. The monoisotopic (exact) mass is 293 g/mol. The number of methoxy groups -OCH3 is 1. The van der Waals surface area contributed by atoms with Crippen molar-refractivity contribution in [2.45, 2.75) is 12.5 Å². The van der Waals surface area contributed by atoms with Gasteiger partial charge in [0.05, 0.1) is 7.11 Å². The molecule has 0 amide bonds. The van der Waals surface area contributed by atoms with Crippen LogP contribution in [0.2, 0.25) is 0 Å². The van der Waals surface area contributed by atoms with E-state index in [1.165, 1.54) is 0 Å². The third kappa shape index (κ3) is 2.38. The van der Waals surface area contributed by atoms with Gasteiger partial charge >= 0.3 is 0 Å². The van der Waals surface area contributed by atoms with Crippen LogP contribution in [0, 0.1) is 0 Å². The Bertz CT molecular complexity index is 356. The topological polar surface area (TPSA) is 41.5 Å². The Labute approximate surface area is 103 Å². The minimum Gasteiger partial charge on any atom is -0.504 e. The molecule has 0 saturated carbocycles. The fourth-order valence-corrected chi connectivity index (χ4v) is 2.02. The Morgan fingerprint density at radius 2 is 2.20 bits per heavy atom. The molecule has 1 fully saturated rings. The standard InChI is InChI=1S/C10H12BrNO2.ClH/c1-14-9-5-6(11)4-7(10(9)13)8-2-3-12-8;/h4-5,8,12-13H,2-3H2,1H3;1H/t8-;/m1./s1. The molecule has 1 heterocycles. The van der Waals surface area contributed by atoms with E-state index in [0.717, 1.165) is 23.0 Å². The van der Waals surface area contributed by atoms with Gasteiger partial charge in [-0.2, -0.15) is 0 Å². The summed E-state index contributed by atoms with van der Waals surface area (Å²) in [7, 11) is 1.56. The predicted molar refractivity (Wildman–Crippen MR) is 65.0 cm³/mol. The summed E-state index contributed by atoms with van der Waals surface area (Å²) in [6, 6.07) is 3.95. The Balaban J connectivity index is 0.00000112. The number of benzene rings is 1. The Morgan fingerprint density at radius 1 is 1.53 bits per heavy atom. The summed E-state index contributed by atoms with van der Waals surface area (Å²) < 4.78 is 6.00. The highest BCUT2D eigenvalue weighted by atomic mass is 79.9. The third-order valence-electron chi connectivity index (χ3n) is 2.49. The summed E-state index contributed by atoms with van der Waals surface area (Å²) in [6.07, 6.45) is 1.06. The quantitative estimate of drug-likeness (QED) is 0.881. The van der Waals surface area contributed by atoms with E-state index >= 15 is 0 Å². The molecule has 0 spiro atoms. The van der Waals surface area contributed by atoms with E-state index in [4.69, 9.17) is 4.74 Å². The molecule has 0 radical (unpaired) electrons. The summed E-state index contributed by atoms with van der Waals surface area (Å²) in [6.45, 7) is 1.01. The first-order chi connectivity index (χ1) is 6.72. The number of nitrogens with one attached hydrogen (secondary N) is 1. The number of phenols is 1. The molecule has 0 aliphatic carbocycles. The van der Waals surface area contributed by atoms with Crippen LogP contribution in [0.5, 0.6) is 11.5 Å². The average Bonchev–Trinajstić information content (AvgIpc) is 2.07. The van der Waals surface area contributed by atoms with Gasteiger partial charge in [0.15, 0.2) is 11.5 Å². The van der Waals surface area contributed by atoms with Gasteiger partial charge in [0.2, 0.25) is 0 Å². The Hall–Kier alpha value is -0.450. The van der Waals surface area contributed by atoms with Crippen molar-refractivity contribution in [2.24, 2.45) is 0 Å². The molecule has 2 rings (SSSR count). The molecule has 5 heteroatoms. The molecule has 1 aliphatic rings. The predicted octanol–water partition coefficient (Wildman–Crippen LogP) is 2.62. The summed E-state index contributed by atoms with van der Waals surface area (Å²) in [4.78, 5) is 0. The number of hydrogen-bond acceptors (Lipinski definition) is 3. The van der Waals surface area contributed by atoms with Gasteiger partial charge in [0.25, 0.3) is 0 Å². The number of rotatable bonds is 2. The minimum absolute atomic E-state index is 0. The van der Waals surface area contributed by atoms with Crippen LogP contribution in [-0.4, -0.2) is 18.8 Å². The van der Waals surface area contributed by atoms with Gasteiger partial charge < -0.3 is 15.2 Å². The summed E-state index contributed by atoms with van der Waals surface area (Å²) >= 11 is 3.39. The van der Waals surface area contributed by atoms with Crippen molar-refractivity contribution >= 4 is 28.3 Å². The van der Waals surface area contributed by atoms with Crippen LogP contribution in [0.3, 0.4) is 0 Å². The number of aromatic hydroxyl groups is 1. The number of ether oxygens (including phenoxy) is 1. The van der Waals surface area contributed by atoms with Crippen LogP contribution < -0.4 is 10.1 Å². The van der Waals surface area contributed by atoms with Gasteiger partial charge in [-0.15, -0.1) is 12.4 Å². The van der Waals surface area contributed by atoms with E-state index in [1.54, 1.807) is 13.2 Å². The van der Waals surface area contributed by atoms with E-state index in [2.05, 4.69) is 21.2 Å². The highest BCUT2D eigenvalue weighted by Crippen LogP contribution is 2.39. The van der Waals surface area contributed by atoms with E-state index < -0.39 is 0 Å². The zero-order chi connectivity index (χ0) is 10.1. The van der Waals surface area contributed by atoms with Crippen LogP contribution in [0.1, 0.15) is 18.0 Å². The maximum Gasteiger partial charge on any atom is 0.162 e. The van der Waals surface area contributed by atoms with E-state index in [9.17, 15) is 5.11 Å². The zero-order valence-corrected chi connectivity index (χ0v) is 10.7. The smallest absolute Gasteiger partial charge is 0.162 e. The van der Waals surface area contributed by atoms with Crippen molar-refractivity contribution in [1.82, 2.24) is 5.32 Å². The third-order valence-corrected chi connectivity index (χ3v) is 2.95. The summed E-state index contributed by atoms with van der Waals surface area (Å²) in [5, 5.41) is 13.1. The molecule has 2 N–H and O–H groups in total. The molecule has 15 heavy (non-hydrogen) atoms. The van der Waals surface area contributed by atoms with Gasteiger partial charge in [-0.3, -0.25) is 0 Å². The van der Waals surface area contributed by atoms with Crippen LogP contribution >= 0.6 is 28.3 Å². The molecule has 3 nitrogen and oxygen atoms in total. The summed E-state index contributed by atoms with van der Waals surface area (Å²) in [5.41, 5.74) is 0.905. The second-order valence-corrected chi connectivity index (χ2v) is 4.26. The normalized spacial score (nSPS) is 18.9. The van der Waals surface area contributed by atoms with Gasteiger partial charge in [-0.25, -0.2) is 0 Å². The second kappa shape index (κ2) is 5.05. The van der Waals surface area contributed by atoms with Crippen molar-refractivity contribution in [1.29, 1.82) is 0 Å². The van der Waals surface area contributed by atoms with Gasteiger partial charge in [0, 0.05) is 16.1 Å². The number of phenolic OH excluding ortho intramolecular Hbond substituents is 1. The molecule has 84 valence electrons. The lowest BCUT2D eigenvalue weighted by Crippen LogP contribution is -2.34. The molecule has 1 saturated heterocycles. The molecular weight excluding hydrogens is 281 g/mol. The van der Waals surface area contributed by atoms with Crippen LogP contribution in [0.25, 0.3) is 0 Å². The Morgan fingerprint density at radius 3 is 2.67 bits per heavy atom. The average molecular weight is 295 g/mol. The van der Waals surface area contributed by atoms with Gasteiger partial charge in [-0.05, 0) is 25.1 Å². The first-order valence-corrected chi connectivity index (χ1v) is 5.31. The maximum absolute atomic E-state index is 9.86. The fraction of sp³-hybridized carbons (Fsp3) is 0.400. The highest BCUT2D eigenvalue weighted by molar-refractivity contribution is 9.10. The largest absolute Gasteiger partial charge is 0.504 e. The van der Waals surface area contributed by atoms with Crippen molar-refractivity contribution in [3.8, 4) is 11.5 Å². The zero-order valence-electron chi connectivity index (χ0n) is 8.29. The van der Waals surface area contributed by atoms with E-state index in [1.807, 2.05) is 6.07 Å². The molecule has 1 aromatic rings. The lowest BCUT2D eigenvalue weighted by atomic mass is 9.97. The molecule has 0 aromatic heterocycles. The van der Waals surface area contributed by atoms with Crippen molar-refractivity contribution in [3.63, 3.8) is 0 Å². The first-order valence-electron chi connectivity index (χ1n) is 4.52. The van der Waals surface area contributed by atoms with Gasteiger partial charge in [-0.1, -0.05) is 15.9 Å². The lowest BCUT2D eigenvalue weighted by molar-refractivity contribution is 0.341. The minimum atomic E-state index is 0. The van der Waals surface area contributed by atoms with Crippen molar-refractivity contribution < 1.29 is 9.84 Å². The maximum atomic E-state index is 9.86. The molecule has 0 unspecified atom stereocenters. The summed E-state index contributed by atoms with van der Waals surface area (Å²) in [5.74, 6) is 0.760. The van der Waals surface area contributed by atoms with E-state index in [-0.39, 0.29) is 24.2 Å². The number of halogens is 2. The van der Waals surface area contributed by atoms with Crippen molar-refractivity contribution in [3.05, 3.63) is 22.2 Å². The molecular formula is C10H13BrClNO2. The lowest BCUT2D eigenvalue weighted by Gasteiger charge is -2.29. The van der Waals surface area contributed by atoms with Gasteiger partial charge in [0.1, 0.15) is 0 Å².